The van der Waals surface area contributed by atoms with E-state index in [-0.39, 0.29) is 12.0 Å². The number of nitrogens with two attached hydrogens (primary N) is 1. The minimum atomic E-state index is -0.328. The lowest BCUT2D eigenvalue weighted by Gasteiger charge is -2.13. The van der Waals surface area contributed by atoms with Crippen molar-refractivity contribution in [3.05, 3.63) is 53.6 Å². The van der Waals surface area contributed by atoms with Crippen LogP contribution in [0.1, 0.15) is 29.8 Å². The van der Waals surface area contributed by atoms with Gasteiger partial charge in [0.05, 0.1) is 19.4 Å². The molecule has 0 atom stereocenters. The molecule has 0 aromatic heterocycles. The van der Waals surface area contributed by atoms with Gasteiger partial charge in [-0.1, -0.05) is 6.07 Å². The Morgan fingerprint density at radius 2 is 2.00 bits per heavy atom. The van der Waals surface area contributed by atoms with Gasteiger partial charge in [0, 0.05) is 11.3 Å². The molecule has 0 saturated heterocycles. The number of nitrogens with zero attached hydrogens (tertiary/aromatic N) is 1. The molecule has 0 bridgehead atoms. The van der Waals surface area contributed by atoms with Crippen LogP contribution in [0.3, 0.4) is 0 Å². The number of anilines is 1. The number of ether oxygens (including phenoxy) is 2. The molecule has 0 fully saturated rings. The molecule has 0 heterocycles. The maximum Gasteiger partial charge on any atom is 0.271 e. The Bertz CT molecular complexity index is 742. The van der Waals surface area contributed by atoms with Gasteiger partial charge >= 0.3 is 0 Å². The van der Waals surface area contributed by atoms with E-state index < -0.39 is 0 Å². The number of hydrazone groups is 1. The fourth-order valence-corrected chi connectivity index (χ4v) is 2.03. The van der Waals surface area contributed by atoms with Gasteiger partial charge in [0.2, 0.25) is 0 Å². The van der Waals surface area contributed by atoms with Crippen molar-refractivity contribution in [1.82, 2.24) is 5.43 Å². The van der Waals surface area contributed by atoms with Crippen LogP contribution in [0.5, 0.6) is 11.5 Å². The summed E-state index contributed by atoms with van der Waals surface area (Å²) in [5.74, 6) is 0.939. The van der Waals surface area contributed by atoms with Crippen LogP contribution in [0.15, 0.2) is 47.6 Å². The quantitative estimate of drug-likeness (QED) is 0.485. The zero-order valence-corrected chi connectivity index (χ0v) is 13.9. The maximum atomic E-state index is 12.0. The summed E-state index contributed by atoms with van der Waals surface area (Å²) in [6.45, 7) is 3.87. The Morgan fingerprint density at radius 1 is 1.21 bits per heavy atom. The number of hydrogen-bond acceptors (Lipinski definition) is 5. The molecule has 0 aliphatic carbocycles. The Hall–Kier alpha value is -3.02. The van der Waals surface area contributed by atoms with Gasteiger partial charge < -0.3 is 15.2 Å². The predicted molar refractivity (Wildman–Crippen MR) is 94.7 cm³/mol. The molecule has 0 aliphatic heterocycles. The monoisotopic (exact) mass is 327 g/mol. The second-order valence-electron chi connectivity index (χ2n) is 5.40. The second kappa shape index (κ2) is 8.01. The van der Waals surface area contributed by atoms with Gasteiger partial charge in [-0.15, -0.1) is 0 Å². The minimum Gasteiger partial charge on any atom is -0.493 e. The Balaban J connectivity index is 2.07. The summed E-state index contributed by atoms with van der Waals surface area (Å²) in [5, 5.41) is 3.96. The topological polar surface area (TPSA) is 85.9 Å². The van der Waals surface area contributed by atoms with Gasteiger partial charge in [0.25, 0.3) is 5.91 Å². The van der Waals surface area contributed by atoms with E-state index >= 15 is 0 Å². The highest BCUT2D eigenvalue weighted by Crippen LogP contribution is 2.28. The van der Waals surface area contributed by atoms with Crippen molar-refractivity contribution < 1.29 is 14.3 Å². The molecule has 3 N–H and O–H groups in total. The van der Waals surface area contributed by atoms with Gasteiger partial charge in [0.1, 0.15) is 0 Å². The van der Waals surface area contributed by atoms with Crippen LogP contribution in [-0.4, -0.2) is 25.3 Å². The van der Waals surface area contributed by atoms with E-state index in [2.05, 4.69) is 10.5 Å². The molecule has 1 amide bonds. The van der Waals surface area contributed by atoms with Crippen LogP contribution in [0, 0.1) is 0 Å². The van der Waals surface area contributed by atoms with Gasteiger partial charge in [0.15, 0.2) is 11.5 Å². The number of nitrogen functional groups attached to an aromatic ring is 1. The van der Waals surface area contributed by atoms with Crippen molar-refractivity contribution in [2.75, 3.05) is 12.8 Å². The van der Waals surface area contributed by atoms with Crippen molar-refractivity contribution in [2.24, 2.45) is 5.10 Å². The summed E-state index contributed by atoms with van der Waals surface area (Å²) in [4.78, 5) is 12.0. The fraction of sp³-hybridized carbons (Fsp3) is 0.222. The molecular weight excluding hydrogens is 306 g/mol. The maximum absolute atomic E-state index is 12.0. The highest BCUT2D eigenvalue weighted by atomic mass is 16.5. The van der Waals surface area contributed by atoms with Crippen LogP contribution < -0.4 is 20.6 Å². The average Bonchev–Trinajstić information content (AvgIpc) is 2.54. The summed E-state index contributed by atoms with van der Waals surface area (Å²) in [6, 6.07) is 12.1. The Morgan fingerprint density at radius 3 is 2.67 bits per heavy atom. The molecule has 6 heteroatoms. The Kier molecular flexibility index (Phi) is 5.78. The van der Waals surface area contributed by atoms with Crippen molar-refractivity contribution in [3.8, 4) is 11.5 Å². The first kappa shape index (κ1) is 17.3. The number of methoxy groups -OCH3 is 1. The van der Waals surface area contributed by atoms with E-state index in [4.69, 9.17) is 15.2 Å². The molecule has 0 radical (unpaired) electrons. The normalized spacial score (nSPS) is 10.8. The molecule has 6 nitrogen and oxygen atoms in total. The number of carbonyl (C=O) groups is 1. The molecule has 126 valence electrons. The van der Waals surface area contributed by atoms with Crippen molar-refractivity contribution in [2.45, 2.75) is 20.0 Å². The van der Waals surface area contributed by atoms with E-state index in [1.54, 1.807) is 43.5 Å². The summed E-state index contributed by atoms with van der Waals surface area (Å²) in [6.07, 6.45) is 1.56. The summed E-state index contributed by atoms with van der Waals surface area (Å²) in [7, 11) is 1.59. The number of benzene rings is 2. The first-order valence-corrected chi connectivity index (χ1v) is 7.53. The summed E-state index contributed by atoms with van der Waals surface area (Å²) in [5.41, 5.74) is 9.87. The van der Waals surface area contributed by atoms with Crippen LogP contribution >= 0.6 is 0 Å². The third kappa shape index (κ3) is 4.74. The third-order valence-electron chi connectivity index (χ3n) is 3.08. The van der Waals surface area contributed by atoms with Crippen molar-refractivity contribution in [3.63, 3.8) is 0 Å². The number of nitrogens with one attached hydrogen (secondary N) is 1. The first-order valence-electron chi connectivity index (χ1n) is 7.53. The van der Waals surface area contributed by atoms with E-state index in [0.29, 0.717) is 22.7 Å². The fourth-order valence-electron chi connectivity index (χ4n) is 2.03. The SMILES string of the molecule is COc1ccc(/C=N\NC(=O)c2cccc(N)c2)cc1OC(C)C. The zero-order chi connectivity index (χ0) is 17.5. The molecule has 0 saturated carbocycles. The molecule has 24 heavy (non-hydrogen) atoms. The highest BCUT2D eigenvalue weighted by Gasteiger charge is 2.07. The zero-order valence-electron chi connectivity index (χ0n) is 13.9. The lowest BCUT2D eigenvalue weighted by molar-refractivity contribution is 0.0955. The minimum absolute atomic E-state index is 0.0225. The predicted octanol–water partition coefficient (Wildman–Crippen LogP) is 2.83. The summed E-state index contributed by atoms with van der Waals surface area (Å²) < 4.78 is 11.0. The van der Waals surface area contributed by atoms with Crippen LogP contribution in [0.4, 0.5) is 5.69 Å². The van der Waals surface area contributed by atoms with Gasteiger partial charge in [-0.3, -0.25) is 4.79 Å². The molecule has 2 rings (SSSR count). The largest absolute Gasteiger partial charge is 0.493 e. The molecule has 0 spiro atoms. The number of amides is 1. The number of hydrogen-bond donors (Lipinski definition) is 2. The molecule has 0 unspecified atom stereocenters. The molecule has 2 aromatic rings. The summed E-state index contributed by atoms with van der Waals surface area (Å²) >= 11 is 0. The average molecular weight is 327 g/mol. The second-order valence-corrected chi connectivity index (χ2v) is 5.40. The Labute approximate surface area is 141 Å². The van der Waals surface area contributed by atoms with Crippen LogP contribution in [-0.2, 0) is 0 Å². The number of carbonyl (C=O) groups excluding carboxylic acids is 1. The third-order valence-corrected chi connectivity index (χ3v) is 3.08. The lowest BCUT2D eigenvalue weighted by Crippen LogP contribution is -2.17. The van der Waals surface area contributed by atoms with Crippen LogP contribution in [0.2, 0.25) is 0 Å². The first-order chi connectivity index (χ1) is 11.5. The number of rotatable bonds is 6. The van der Waals surface area contributed by atoms with E-state index in [1.165, 1.54) is 6.21 Å². The smallest absolute Gasteiger partial charge is 0.271 e. The molecule has 0 aliphatic rings. The molecule has 2 aromatic carbocycles. The molecular formula is C18H21N3O3. The van der Waals surface area contributed by atoms with E-state index in [0.717, 1.165) is 5.56 Å². The van der Waals surface area contributed by atoms with E-state index in [1.807, 2.05) is 19.9 Å². The lowest BCUT2D eigenvalue weighted by atomic mass is 10.2. The van der Waals surface area contributed by atoms with Crippen molar-refractivity contribution >= 4 is 17.8 Å². The van der Waals surface area contributed by atoms with Crippen LogP contribution in [0.25, 0.3) is 0 Å². The highest BCUT2D eigenvalue weighted by molar-refractivity contribution is 5.95. The van der Waals surface area contributed by atoms with Gasteiger partial charge in [-0.05, 0) is 55.8 Å². The standard InChI is InChI=1S/C18H21N3O3/c1-12(2)24-17-9-13(7-8-16(17)23-3)11-20-21-18(22)14-5-4-6-15(19)10-14/h4-12H,19H2,1-3H3,(H,21,22)/b20-11-. The van der Waals surface area contributed by atoms with E-state index in [9.17, 15) is 4.79 Å². The van der Waals surface area contributed by atoms with Gasteiger partial charge in [-0.25, -0.2) is 5.43 Å². The van der Waals surface area contributed by atoms with Crippen molar-refractivity contribution in [1.29, 1.82) is 0 Å². The van der Waals surface area contributed by atoms with Gasteiger partial charge in [-0.2, -0.15) is 5.10 Å².